The maximum absolute atomic E-state index is 15.1. The molecule has 176 valence electrons. The summed E-state index contributed by atoms with van der Waals surface area (Å²) in [5, 5.41) is 0.809. The third-order valence-electron chi connectivity index (χ3n) is 5.93. The van der Waals surface area contributed by atoms with E-state index < -0.39 is 16.7 Å². The monoisotopic (exact) mass is 478 g/mol. The fourth-order valence-corrected chi connectivity index (χ4v) is 4.24. The first-order valence-electron chi connectivity index (χ1n) is 11.0. The largest absolute Gasteiger partial charge is 0.384 e. The van der Waals surface area contributed by atoms with Gasteiger partial charge in [0.1, 0.15) is 22.5 Å². The molecule has 7 heteroatoms. The maximum atomic E-state index is 15.1. The molecule has 1 aliphatic rings. The van der Waals surface area contributed by atoms with E-state index in [4.69, 9.17) is 25.8 Å². The van der Waals surface area contributed by atoms with Crippen molar-refractivity contribution in [3.05, 3.63) is 81.6 Å². The van der Waals surface area contributed by atoms with Crippen molar-refractivity contribution in [3.63, 3.8) is 0 Å². The maximum Gasteiger partial charge on any atom is 0.157 e. The average Bonchev–Trinajstić information content (AvgIpc) is 2.82. The van der Waals surface area contributed by atoms with E-state index in [1.165, 1.54) is 12.1 Å². The van der Waals surface area contributed by atoms with Crippen LogP contribution in [0.4, 0.5) is 13.2 Å². The summed E-state index contributed by atoms with van der Waals surface area (Å²) >= 11 is 5.53. The third kappa shape index (κ3) is 5.87. The fourth-order valence-electron chi connectivity index (χ4n) is 4.13. The van der Waals surface area contributed by atoms with Crippen LogP contribution in [0.1, 0.15) is 23.1 Å². The molecule has 0 radical (unpaired) electrons. The van der Waals surface area contributed by atoms with Crippen LogP contribution in [0.2, 0.25) is 5.02 Å². The summed E-state index contributed by atoms with van der Waals surface area (Å²) in [7, 11) is 1.67. The van der Waals surface area contributed by atoms with Crippen LogP contribution in [-0.2, 0) is 33.5 Å². The van der Waals surface area contributed by atoms with Crippen LogP contribution in [0.25, 0.3) is 10.8 Å². The summed E-state index contributed by atoms with van der Waals surface area (Å²) in [5.74, 6) is -1.66. The lowest BCUT2D eigenvalue weighted by atomic mass is 9.98. The molecule has 3 aromatic rings. The van der Waals surface area contributed by atoms with Gasteiger partial charge in [0, 0.05) is 24.8 Å². The standard InChI is InChI=1S/C26H26ClF3O3/c1-31-13-18-14-32-24(33-15-18)9-4-16-3-8-21-20(10-16)7-6-19(26(21)30)5-2-17-11-22(28)25(27)23(29)12-17/h3,6-8,10-12,18,24H,2,4-5,9,13-15H2,1H3. The van der Waals surface area contributed by atoms with Crippen molar-refractivity contribution in [1.29, 1.82) is 0 Å². The molecular weight excluding hydrogens is 453 g/mol. The van der Waals surface area contributed by atoms with Gasteiger partial charge in [-0.05, 0) is 53.5 Å². The number of fused-ring (bicyclic) bond motifs is 1. The summed E-state index contributed by atoms with van der Waals surface area (Å²) in [6, 6.07) is 11.7. The second-order valence-corrected chi connectivity index (χ2v) is 8.80. The second kappa shape index (κ2) is 10.9. The molecule has 33 heavy (non-hydrogen) atoms. The lowest BCUT2D eigenvalue weighted by Gasteiger charge is -2.29. The number of aryl methyl sites for hydroxylation is 3. The zero-order valence-electron chi connectivity index (χ0n) is 18.4. The molecule has 0 bridgehead atoms. The summed E-state index contributed by atoms with van der Waals surface area (Å²) in [4.78, 5) is 0. The van der Waals surface area contributed by atoms with Crippen molar-refractivity contribution in [3.8, 4) is 0 Å². The van der Waals surface area contributed by atoms with Crippen LogP contribution >= 0.6 is 11.6 Å². The van der Waals surface area contributed by atoms with Crippen LogP contribution in [0, 0.1) is 23.4 Å². The Morgan fingerprint density at radius 2 is 1.64 bits per heavy atom. The highest BCUT2D eigenvalue weighted by Gasteiger charge is 2.22. The Kier molecular flexibility index (Phi) is 7.91. The Bertz CT molecular complexity index is 1090. The molecule has 0 spiro atoms. The highest BCUT2D eigenvalue weighted by Crippen LogP contribution is 2.26. The molecule has 1 fully saturated rings. The van der Waals surface area contributed by atoms with Gasteiger partial charge in [0.15, 0.2) is 6.29 Å². The second-order valence-electron chi connectivity index (χ2n) is 8.42. The number of methoxy groups -OCH3 is 1. The van der Waals surface area contributed by atoms with Gasteiger partial charge in [-0.1, -0.05) is 41.9 Å². The lowest BCUT2D eigenvalue weighted by Crippen LogP contribution is -2.34. The molecule has 0 saturated carbocycles. The summed E-state index contributed by atoms with van der Waals surface area (Å²) in [6.07, 6.45) is 1.87. The molecule has 0 aliphatic carbocycles. The number of ether oxygens (including phenoxy) is 3. The minimum atomic E-state index is -0.808. The van der Waals surface area contributed by atoms with E-state index >= 15 is 4.39 Å². The van der Waals surface area contributed by atoms with E-state index in [1.807, 2.05) is 18.2 Å². The Balaban J connectivity index is 1.38. The fraction of sp³-hybridized carbons (Fsp3) is 0.385. The zero-order valence-corrected chi connectivity index (χ0v) is 19.1. The Hall–Kier alpha value is -2.12. The van der Waals surface area contributed by atoms with Crippen molar-refractivity contribution < 1.29 is 27.4 Å². The van der Waals surface area contributed by atoms with Crippen molar-refractivity contribution in [2.75, 3.05) is 26.9 Å². The van der Waals surface area contributed by atoms with Crippen LogP contribution in [0.15, 0.2) is 42.5 Å². The van der Waals surface area contributed by atoms with Gasteiger partial charge in [-0.3, -0.25) is 0 Å². The van der Waals surface area contributed by atoms with Crippen LogP contribution in [0.5, 0.6) is 0 Å². The van der Waals surface area contributed by atoms with Crippen LogP contribution in [-0.4, -0.2) is 33.2 Å². The molecule has 4 rings (SSSR count). The third-order valence-corrected chi connectivity index (χ3v) is 6.29. The van der Waals surface area contributed by atoms with Crippen molar-refractivity contribution >= 4 is 22.4 Å². The lowest BCUT2D eigenvalue weighted by molar-refractivity contribution is -0.208. The molecule has 0 N–H and O–H groups in total. The van der Waals surface area contributed by atoms with Gasteiger partial charge in [-0.2, -0.15) is 0 Å². The minimum Gasteiger partial charge on any atom is -0.384 e. The van der Waals surface area contributed by atoms with E-state index in [0.717, 1.165) is 23.8 Å². The zero-order chi connectivity index (χ0) is 23.4. The summed E-state index contributed by atoms with van der Waals surface area (Å²) in [5.41, 5.74) is 2.01. The Labute approximate surface area is 196 Å². The molecular formula is C26H26ClF3O3. The predicted molar refractivity (Wildman–Crippen MR) is 122 cm³/mol. The van der Waals surface area contributed by atoms with Gasteiger partial charge in [-0.25, -0.2) is 13.2 Å². The quantitative estimate of drug-likeness (QED) is 0.357. The van der Waals surface area contributed by atoms with Crippen molar-refractivity contribution in [1.82, 2.24) is 0 Å². The van der Waals surface area contributed by atoms with E-state index in [0.29, 0.717) is 49.2 Å². The topological polar surface area (TPSA) is 27.7 Å². The van der Waals surface area contributed by atoms with E-state index in [2.05, 4.69) is 0 Å². The van der Waals surface area contributed by atoms with Gasteiger partial charge in [0.05, 0.1) is 19.8 Å². The summed E-state index contributed by atoms with van der Waals surface area (Å²) in [6.45, 7) is 1.87. The molecule has 0 unspecified atom stereocenters. The van der Waals surface area contributed by atoms with E-state index in [-0.39, 0.29) is 18.0 Å². The molecule has 0 aromatic heterocycles. The highest BCUT2D eigenvalue weighted by molar-refractivity contribution is 6.30. The van der Waals surface area contributed by atoms with Crippen LogP contribution < -0.4 is 0 Å². The first-order valence-corrected chi connectivity index (χ1v) is 11.4. The van der Waals surface area contributed by atoms with E-state index in [9.17, 15) is 8.78 Å². The van der Waals surface area contributed by atoms with Crippen molar-refractivity contribution in [2.45, 2.75) is 32.0 Å². The molecule has 1 heterocycles. The Morgan fingerprint density at radius 3 is 2.33 bits per heavy atom. The molecule has 0 atom stereocenters. The first-order chi connectivity index (χ1) is 15.9. The highest BCUT2D eigenvalue weighted by atomic mass is 35.5. The smallest absolute Gasteiger partial charge is 0.157 e. The molecule has 3 aromatic carbocycles. The molecule has 1 saturated heterocycles. The first kappa shape index (κ1) is 24.0. The Morgan fingerprint density at radius 1 is 0.909 bits per heavy atom. The molecule has 3 nitrogen and oxygen atoms in total. The average molecular weight is 479 g/mol. The van der Waals surface area contributed by atoms with Gasteiger partial charge >= 0.3 is 0 Å². The number of hydrogen-bond acceptors (Lipinski definition) is 3. The number of halogens is 4. The number of rotatable bonds is 8. The SMILES string of the molecule is COCC1COC(CCc2ccc3c(F)c(CCc4cc(F)c(Cl)c(F)c4)ccc3c2)OC1. The van der Waals surface area contributed by atoms with Gasteiger partial charge < -0.3 is 14.2 Å². The van der Waals surface area contributed by atoms with Gasteiger partial charge in [-0.15, -0.1) is 0 Å². The number of benzene rings is 3. The molecule has 0 amide bonds. The predicted octanol–water partition coefficient (Wildman–Crippen LogP) is 6.26. The molecule has 1 aliphatic heterocycles. The minimum absolute atomic E-state index is 0.240. The van der Waals surface area contributed by atoms with E-state index in [1.54, 1.807) is 19.2 Å². The van der Waals surface area contributed by atoms with Gasteiger partial charge in [0.25, 0.3) is 0 Å². The van der Waals surface area contributed by atoms with Crippen molar-refractivity contribution in [2.24, 2.45) is 5.92 Å². The normalized spacial score (nSPS) is 18.7. The van der Waals surface area contributed by atoms with Crippen LogP contribution in [0.3, 0.4) is 0 Å². The summed E-state index contributed by atoms with van der Waals surface area (Å²) < 4.78 is 59.0. The number of hydrogen-bond donors (Lipinski definition) is 0. The van der Waals surface area contributed by atoms with Gasteiger partial charge in [0.2, 0.25) is 0 Å².